The van der Waals surface area contributed by atoms with Gasteiger partial charge in [-0.15, -0.1) is 10.2 Å². The first kappa shape index (κ1) is 18.3. The van der Waals surface area contributed by atoms with E-state index >= 15 is 0 Å². The minimum atomic E-state index is -0.432. The molecule has 0 amide bonds. The summed E-state index contributed by atoms with van der Waals surface area (Å²) >= 11 is 7.21. The van der Waals surface area contributed by atoms with E-state index in [-0.39, 0.29) is 5.82 Å². The number of aryl methyl sites for hydroxylation is 1. The largest absolute Gasteiger partial charge is 0.334 e. The van der Waals surface area contributed by atoms with E-state index < -0.39 is 5.56 Å². The lowest BCUT2D eigenvalue weighted by Crippen LogP contribution is -2.32. The maximum atomic E-state index is 12.4. The van der Waals surface area contributed by atoms with Gasteiger partial charge in [-0.1, -0.05) is 54.6 Å². The molecule has 3 rings (SSSR count). The summed E-state index contributed by atoms with van der Waals surface area (Å²) in [5, 5.41) is 12.0. The number of aromatic nitrogens is 3. The van der Waals surface area contributed by atoms with E-state index in [1.54, 1.807) is 0 Å². The van der Waals surface area contributed by atoms with Crippen LogP contribution < -0.4 is 16.7 Å². The Kier molecular flexibility index (Phi) is 5.80. The normalized spacial score (nSPS) is 10.7. The molecule has 3 aromatic rings. The lowest BCUT2D eigenvalue weighted by atomic mass is 10.1. The number of rotatable bonds is 6. The SMILES string of the molecule is CCc1ccc(Nc2nnc(SCc3ccc(Cl)cc3)n(N)c2=O)cc1. The van der Waals surface area contributed by atoms with E-state index in [0.717, 1.165) is 22.3 Å². The summed E-state index contributed by atoms with van der Waals surface area (Å²) in [6.45, 7) is 2.08. The molecular weight excluding hydrogens is 370 g/mol. The molecule has 2 aromatic carbocycles. The summed E-state index contributed by atoms with van der Waals surface area (Å²) in [5.41, 5.74) is 2.59. The second kappa shape index (κ2) is 8.25. The second-order valence-corrected chi connectivity index (χ2v) is 6.98. The van der Waals surface area contributed by atoms with Crippen LogP contribution in [0.2, 0.25) is 5.02 Å². The Balaban J connectivity index is 1.73. The van der Waals surface area contributed by atoms with Crippen molar-refractivity contribution in [3.8, 4) is 0 Å². The molecule has 0 atom stereocenters. The number of benzene rings is 2. The lowest BCUT2D eigenvalue weighted by Gasteiger charge is -2.09. The molecule has 1 heterocycles. The number of nitrogens with one attached hydrogen (secondary N) is 1. The lowest BCUT2D eigenvalue weighted by molar-refractivity contribution is 0.705. The van der Waals surface area contributed by atoms with Crippen LogP contribution in [0.1, 0.15) is 18.1 Å². The summed E-state index contributed by atoms with van der Waals surface area (Å²) in [4.78, 5) is 12.4. The molecule has 0 unspecified atom stereocenters. The summed E-state index contributed by atoms with van der Waals surface area (Å²) in [5.74, 6) is 6.59. The van der Waals surface area contributed by atoms with Gasteiger partial charge >= 0.3 is 5.56 Å². The third kappa shape index (κ3) is 4.36. The molecule has 3 N–H and O–H groups in total. The molecular formula is C18H18ClN5OS. The molecule has 134 valence electrons. The van der Waals surface area contributed by atoms with Crippen LogP contribution in [0.3, 0.4) is 0 Å². The van der Waals surface area contributed by atoms with E-state index in [1.165, 1.54) is 17.3 Å². The summed E-state index contributed by atoms with van der Waals surface area (Å²) in [6.07, 6.45) is 0.954. The molecule has 0 aliphatic heterocycles. The van der Waals surface area contributed by atoms with Crippen LogP contribution >= 0.6 is 23.4 Å². The van der Waals surface area contributed by atoms with Gasteiger partial charge in [-0.2, -0.15) is 4.68 Å². The molecule has 8 heteroatoms. The third-order valence-corrected chi connectivity index (χ3v) is 5.04. The average Bonchev–Trinajstić information content (AvgIpc) is 2.67. The Hall–Kier alpha value is -2.51. The molecule has 0 spiro atoms. The summed E-state index contributed by atoms with van der Waals surface area (Å²) in [6, 6.07) is 15.2. The second-order valence-electron chi connectivity index (χ2n) is 5.60. The van der Waals surface area contributed by atoms with Gasteiger partial charge in [-0.25, -0.2) is 0 Å². The monoisotopic (exact) mass is 387 g/mol. The molecule has 0 saturated heterocycles. The van der Waals surface area contributed by atoms with Gasteiger partial charge in [-0.3, -0.25) is 4.79 Å². The average molecular weight is 388 g/mol. The van der Waals surface area contributed by atoms with Gasteiger partial charge in [0.2, 0.25) is 11.0 Å². The van der Waals surface area contributed by atoms with Gasteiger partial charge in [0, 0.05) is 16.5 Å². The molecule has 0 aliphatic rings. The quantitative estimate of drug-likeness (QED) is 0.496. The van der Waals surface area contributed by atoms with E-state index in [9.17, 15) is 4.79 Å². The maximum absolute atomic E-state index is 12.4. The molecule has 1 aromatic heterocycles. The van der Waals surface area contributed by atoms with Crippen LogP contribution in [0.15, 0.2) is 58.5 Å². The van der Waals surface area contributed by atoms with Crippen molar-refractivity contribution < 1.29 is 0 Å². The highest BCUT2D eigenvalue weighted by molar-refractivity contribution is 7.98. The first-order valence-corrected chi connectivity index (χ1v) is 9.41. The number of hydrogen-bond donors (Lipinski definition) is 2. The first-order chi connectivity index (χ1) is 12.6. The number of halogens is 1. The fourth-order valence-electron chi connectivity index (χ4n) is 2.25. The highest BCUT2D eigenvalue weighted by atomic mass is 35.5. The van der Waals surface area contributed by atoms with E-state index in [4.69, 9.17) is 17.4 Å². The predicted octanol–water partition coefficient (Wildman–Crippen LogP) is 3.60. The highest BCUT2D eigenvalue weighted by Gasteiger charge is 2.11. The fraction of sp³-hybridized carbons (Fsp3) is 0.167. The summed E-state index contributed by atoms with van der Waals surface area (Å²) < 4.78 is 1.01. The van der Waals surface area contributed by atoms with Gasteiger partial charge in [-0.05, 0) is 41.8 Å². The third-order valence-electron chi connectivity index (χ3n) is 3.77. The smallest absolute Gasteiger partial charge is 0.315 e. The van der Waals surface area contributed by atoms with Crippen LogP contribution in [0, 0.1) is 0 Å². The molecule has 6 nitrogen and oxygen atoms in total. The topological polar surface area (TPSA) is 85.8 Å². The number of hydrogen-bond acceptors (Lipinski definition) is 6. The van der Waals surface area contributed by atoms with E-state index in [0.29, 0.717) is 15.9 Å². The highest BCUT2D eigenvalue weighted by Crippen LogP contribution is 2.20. The first-order valence-electron chi connectivity index (χ1n) is 8.05. The minimum absolute atomic E-state index is 0.0904. The minimum Gasteiger partial charge on any atom is -0.334 e. The fourth-order valence-corrected chi connectivity index (χ4v) is 3.19. The number of nitrogens with two attached hydrogens (primary N) is 1. The Morgan fingerprint density at radius 3 is 2.38 bits per heavy atom. The Labute approximate surface area is 160 Å². The van der Waals surface area contributed by atoms with Crippen LogP contribution in [0.4, 0.5) is 11.5 Å². The molecule has 26 heavy (non-hydrogen) atoms. The van der Waals surface area contributed by atoms with Crippen molar-refractivity contribution >= 4 is 34.9 Å². The molecule has 0 saturated carbocycles. The Bertz CT molecular complexity index is 941. The summed E-state index contributed by atoms with van der Waals surface area (Å²) in [7, 11) is 0. The van der Waals surface area contributed by atoms with Crippen molar-refractivity contribution in [1.29, 1.82) is 0 Å². The van der Waals surface area contributed by atoms with Crippen LogP contribution in [-0.4, -0.2) is 14.9 Å². The number of thioether (sulfide) groups is 1. The Morgan fingerprint density at radius 2 is 1.73 bits per heavy atom. The zero-order valence-electron chi connectivity index (χ0n) is 14.1. The van der Waals surface area contributed by atoms with Crippen molar-refractivity contribution in [2.45, 2.75) is 24.3 Å². The molecule has 0 fully saturated rings. The Morgan fingerprint density at radius 1 is 1.08 bits per heavy atom. The zero-order valence-corrected chi connectivity index (χ0v) is 15.7. The molecule has 0 aliphatic carbocycles. The standard InChI is InChI=1S/C18H18ClN5OS/c1-2-12-5-9-15(10-6-12)21-16-17(25)24(20)18(23-22-16)26-11-13-3-7-14(19)8-4-13/h3-10H,2,11,20H2,1H3,(H,21,22). The van der Waals surface area contributed by atoms with E-state index in [2.05, 4.69) is 22.4 Å². The molecule has 0 radical (unpaired) electrons. The van der Waals surface area contributed by atoms with Gasteiger partial charge < -0.3 is 11.2 Å². The van der Waals surface area contributed by atoms with Crippen molar-refractivity contribution in [3.63, 3.8) is 0 Å². The van der Waals surface area contributed by atoms with Crippen LogP contribution in [0.25, 0.3) is 0 Å². The van der Waals surface area contributed by atoms with Crippen molar-refractivity contribution in [1.82, 2.24) is 14.9 Å². The number of nitrogens with zero attached hydrogens (tertiary/aromatic N) is 3. The number of nitrogen functional groups attached to an aromatic ring is 1. The van der Waals surface area contributed by atoms with Gasteiger partial charge in [0.15, 0.2) is 0 Å². The van der Waals surface area contributed by atoms with Crippen molar-refractivity contribution in [2.75, 3.05) is 11.2 Å². The van der Waals surface area contributed by atoms with Crippen molar-refractivity contribution in [3.05, 3.63) is 75.0 Å². The molecule has 0 bridgehead atoms. The van der Waals surface area contributed by atoms with Gasteiger partial charge in [0.05, 0.1) is 0 Å². The number of anilines is 2. The van der Waals surface area contributed by atoms with Crippen LogP contribution in [0.5, 0.6) is 0 Å². The predicted molar refractivity (Wildman–Crippen MR) is 107 cm³/mol. The van der Waals surface area contributed by atoms with Crippen LogP contribution in [-0.2, 0) is 12.2 Å². The van der Waals surface area contributed by atoms with Gasteiger partial charge in [0.25, 0.3) is 0 Å². The maximum Gasteiger partial charge on any atom is 0.315 e. The van der Waals surface area contributed by atoms with Gasteiger partial charge in [0.1, 0.15) is 0 Å². The zero-order chi connectivity index (χ0) is 18.5. The van der Waals surface area contributed by atoms with E-state index in [1.807, 2.05) is 48.5 Å². The van der Waals surface area contributed by atoms with Crippen molar-refractivity contribution in [2.24, 2.45) is 0 Å².